The molecule has 0 heterocycles. The van der Waals surface area contributed by atoms with Gasteiger partial charge in [-0.2, -0.15) is 5.26 Å². The van der Waals surface area contributed by atoms with E-state index in [-0.39, 0.29) is 12.2 Å². The van der Waals surface area contributed by atoms with Crippen LogP contribution in [-0.4, -0.2) is 21.4 Å². The lowest BCUT2D eigenvalue weighted by molar-refractivity contribution is 0.0215. The van der Waals surface area contributed by atoms with E-state index in [4.69, 9.17) is 10.4 Å². The van der Waals surface area contributed by atoms with Crippen LogP contribution in [0.5, 0.6) is 5.75 Å². The normalized spacial score (nSPS) is 14.4. The molecule has 4 nitrogen and oxygen atoms in total. The largest absolute Gasteiger partial charge is 0.508 e. The molecule has 0 fully saturated rings. The molecule has 0 radical (unpaired) electrons. The van der Waals surface area contributed by atoms with Crippen LogP contribution >= 0.6 is 0 Å². The van der Waals surface area contributed by atoms with Gasteiger partial charge in [0.1, 0.15) is 11.9 Å². The van der Waals surface area contributed by atoms with Crippen molar-refractivity contribution in [1.82, 2.24) is 0 Å². The molecule has 0 amide bonds. The Balaban J connectivity index is 2.79. The van der Waals surface area contributed by atoms with E-state index < -0.39 is 12.2 Å². The number of phenols is 1. The monoisotopic (exact) mass is 193 g/mol. The number of nitriles is 1. The van der Waals surface area contributed by atoms with Crippen LogP contribution in [0.2, 0.25) is 0 Å². The van der Waals surface area contributed by atoms with Crippen LogP contribution < -0.4 is 0 Å². The third-order valence-electron chi connectivity index (χ3n) is 1.88. The summed E-state index contributed by atoms with van der Waals surface area (Å²) in [6, 6.07) is 7.71. The van der Waals surface area contributed by atoms with Crippen LogP contribution in [-0.2, 0) is 0 Å². The third-order valence-corrected chi connectivity index (χ3v) is 1.88. The number of phenolic OH excluding ortho intramolecular Hbond substituents is 1. The minimum Gasteiger partial charge on any atom is -0.508 e. The Morgan fingerprint density at radius 1 is 1.36 bits per heavy atom. The van der Waals surface area contributed by atoms with Crippen molar-refractivity contribution in [3.63, 3.8) is 0 Å². The summed E-state index contributed by atoms with van der Waals surface area (Å²) in [6.07, 6.45) is -2.40. The fourth-order valence-corrected chi connectivity index (χ4v) is 1.14. The number of aliphatic hydroxyl groups is 2. The second-order valence-corrected chi connectivity index (χ2v) is 2.97. The number of benzene rings is 1. The van der Waals surface area contributed by atoms with E-state index in [1.54, 1.807) is 18.2 Å². The predicted molar refractivity (Wildman–Crippen MR) is 49.3 cm³/mol. The highest BCUT2D eigenvalue weighted by atomic mass is 16.3. The van der Waals surface area contributed by atoms with Gasteiger partial charge in [-0.1, -0.05) is 12.1 Å². The Hall–Kier alpha value is -1.57. The van der Waals surface area contributed by atoms with Crippen molar-refractivity contribution in [2.24, 2.45) is 0 Å². The van der Waals surface area contributed by atoms with Crippen molar-refractivity contribution in [3.05, 3.63) is 29.8 Å². The Morgan fingerprint density at radius 3 is 2.64 bits per heavy atom. The van der Waals surface area contributed by atoms with E-state index in [1.807, 2.05) is 0 Å². The Kier molecular flexibility index (Phi) is 3.46. The van der Waals surface area contributed by atoms with Gasteiger partial charge in [0.2, 0.25) is 0 Å². The van der Waals surface area contributed by atoms with Crippen LogP contribution in [0.3, 0.4) is 0 Å². The van der Waals surface area contributed by atoms with Gasteiger partial charge in [-0.15, -0.1) is 0 Å². The van der Waals surface area contributed by atoms with Gasteiger partial charge >= 0.3 is 0 Å². The summed E-state index contributed by atoms with van der Waals surface area (Å²) < 4.78 is 0. The molecule has 0 aromatic heterocycles. The van der Waals surface area contributed by atoms with Crippen molar-refractivity contribution in [3.8, 4) is 11.8 Å². The van der Waals surface area contributed by atoms with E-state index in [9.17, 15) is 10.2 Å². The van der Waals surface area contributed by atoms with Crippen molar-refractivity contribution in [2.75, 3.05) is 0 Å². The minimum atomic E-state index is -1.14. The molecule has 0 saturated carbocycles. The quantitative estimate of drug-likeness (QED) is 0.659. The lowest BCUT2D eigenvalue weighted by Gasteiger charge is -2.15. The molecule has 4 heteroatoms. The zero-order chi connectivity index (χ0) is 10.6. The lowest BCUT2D eigenvalue weighted by Crippen LogP contribution is -2.17. The average molecular weight is 193 g/mol. The number of rotatable bonds is 3. The highest BCUT2D eigenvalue weighted by Gasteiger charge is 2.17. The summed E-state index contributed by atoms with van der Waals surface area (Å²) in [7, 11) is 0. The van der Waals surface area contributed by atoms with Gasteiger partial charge in [0.25, 0.3) is 0 Å². The van der Waals surface area contributed by atoms with Crippen LogP contribution in [0.15, 0.2) is 24.3 Å². The molecule has 14 heavy (non-hydrogen) atoms. The molecule has 1 rings (SSSR count). The maximum atomic E-state index is 9.53. The smallest absolute Gasteiger partial charge is 0.115 e. The number of hydrogen-bond donors (Lipinski definition) is 3. The Morgan fingerprint density at radius 2 is 2.07 bits per heavy atom. The van der Waals surface area contributed by atoms with Crippen LogP contribution in [0.25, 0.3) is 0 Å². The van der Waals surface area contributed by atoms with E-state index in [1.165, 1.54) is 12.1 Å². The van der Waals surface area contributed by atoms with Gasteiger partial charge < -0.3 is 15.3 Å². The van der Waals surface area contributed by atoms with Gasteiger partial charge in [-0.3, -0.25) is 0 Å². The molecule has 3 N–H and O–H groups in total. The molecule has 0 aliphatic heterocycles. The van der Waals surface area contributed by atoms with Gasteiger partial charge in [0.15, 0.2) is 0 Å². The van der Waals surface area contributed by atoms with E-state index in [0.717, 1.165) is 0 Å². The van der Waals surface area contributed by atoms with Crippen molar-refractivity contribution in [1.29, 1.82) is 5.26 Å². The first-order chi connectivity index (χ1) is 6.65. The number of aromatic hydroxyl groups is 1. The molecular weight excluding hydrogens is 182 g/mol. The number of aliphatic hydroxyl groups excluding tert-OH is 2. The molecule has 0 saturated heterocycles. The first-order valence-electron chi connectivity index (χ1n) is 4.17. The molecule has 2 unspecified atom stereocenters. The van der Waals surface area contributed by atoms with Crippen molar-refractivity contribution < 1.29 is 15.3 Å². The highest BCUT2D eigenvalue weighted by molar-refractivity contribution is 5.29. The van der Waals surface area contributed by atoms with Crippen LogP contribution in [0.1, 0.15) is 18.1 Å². The van der Waals surface area contributed by atoms with Gasteiger partial charge in [-0.25, -0.2) is 0 Å². The SMILES string of the molecule is N#CCC(O)C(O)c1cccc(O)c1. The molecule has 0 aliphatic rings. The second-order valence-electron chi connectivity index (χ2n) is 2.97. The zero-order valence-corrected chi connectivity index (χ0v) is 7.46. The summed E-state index contributed by atoms with van der Waals surface area (Å²) in [5.41, 5.74) is 0.396. The Bertz CT molecular complexity index is 345. The van der Waals surface area contributed by atoms with E-state index in [2.05, 4.69) is 0 Å². The molecular formula is C10H11NO3. The maximum absolute atomic E-state index is 9.53. The molecule has 1 aromatic carbocycles. The number of nitrogens with zero attached hydrogens (tertiary/aromatic N) is 1. The molecule has 0 aliphatic carbocycles. The minimum absolute atomic E-state index is 0.0192. The first kappa shape index (κ1) is 10.5. The van der Waals surface area contributed by atoms with Crippen molar-refractivity contribution >= 4 is 0 Å². The maximum Gasteiger partial charge on any atom is 0.115 e. The molecule has 2 atom stereocenters. The standard InChI is InChI=1S/C10H11NO3/c11-5-4-9(13)10(14)7-2-1-3-8(12)6-7/h1-3,6,9-10,12-14H,4H2. The van der Waals surface area contributed by atoms with Crippen LogP contribution in [0, 0.1) is 11.3 Å². The fraction of sp³-hybridized carbons (Fsp3) is 0.300. The molecule has 74 valence electrons. The zero-order valence-electron chi connectivity index (χ0n) is 7.46. The van der Waals surface area contributed by atoms with Crippen LogP contribution in [0.4, 0.5) is 0 Å². The van der Waals surface area contributed by atoms with E-state index >= 15 is 0 Å². The summed E-state index contributed by atoms with van der Waals surface area (Å²) in [4.78, 5) is 0. The van der Waals surface area contributed by atoms with Gasteiger partial charge in [0.05, 0.1) is 18.6 Å². The van der Waals surface area contributed by atoms with Gasteiger partial charge in [-0.05, 0) is 17.7 Å². The molecule has 0 bridgehead atoms. The third kappa shape index (κ3) is 2.46. The predicted octanol–water partition coefficient (Wildman–Crippen LogP) is 0.700. The highest BCUT2D eigenvalue weighted by Crippen LogP contribution is 2.21. The molecule has 1 aromatic rings. The fourth-order valence-electron chi connectivity index (χ4n) is 1.14. The molecule has 0 spiro atoms. The Labute approximate surface area is 81.7 Å². The average Bonchev–Trinajstić information content (AvgIpc) is 2.17. The van der Waals surface area contributed by atoms with Gasteiger partial charge in [0, 0.05) is 0 Å². The summed E-state index contributed by atoms with van der Waals surface area (Å²) in [6.45, 7) is 0. The first-order valence-corrected chi connectivity index (χ1v) is 4.17. The van der Waals surface area contributed by atoms with Crippen molar-refractivity contribution in [2.45, 2.75) is 18.6 Å². The lowest BCUT2D eigenvalue weighted by atomic mass is 10.0. The summed E-state index contributed by atoms with van der Waals surface area (Å²) in [5, 5.41) is 36.3. The summed E-state index contributed by atoms with van der Waals surface area (Å²) in [5.74, 6) is 0.0192. The van der Waals surface area contributed by atoms with E-state index in [0.29, 0.717) is 5.56 Å². The number of hydrogen-bond acceptors (Lipinski definition) is 4. The topological polar surface area (TPSA) is 84.5 Å². The summed E-state index contributed by atoms with van der Waals surface area (Å²) >= 11 is 0. The second kappa shape index (κ2) is 4.61.